The number of halogens is 2. The van der Waals surface area contributed by atoms with Gasteiger partial charge in [-0.2, -0.15) is 0 Å². The Labute approximate surface area is 125 Å². The van der Waals surface area contributed by atoms with E-state index in [1.165, 1.54) is 0 Å². The number of benzene rings is 1. The summed E-state index contributed by atoms with van der Waals surface area (Å²) >= 11 is 8.23. The van der Waals surface area contributed by atoms with E-state index in [2.05, 4.69) is 34.5 Å². The molecule has 18 heavy (non-hydrogen) atoms. The van der Waals surface area contributed by atoms with Crippen molar-refractivity contribution in [3.8, 4) is 0 Å². The van der Waals surface area contributed by atoms with Crippen molar-refractivity contribution in [1.82, 2.24) is 9.55 Å². The smallest absolute Gasteiger partial charge is 0.111 e. The second-order valence-electron chi connectivity index (χ2n) is 4.02. The van der Waals surface area contributed by atoms with Crippen molar-refractivity contribution in [3.05, 3.63) is 50.6 Å². The number of imidazole rings is 1. The molecule has 0 aliphatic carbocycles. The number of aryl methyl sites for hydroxylation is 1. The molecule has 0 spiro atoms. The third-order valence-electron chi connectivity index (χ3n) is 2.85. The van der Waals surface area contributed by atoms with E-state index in [0.717, 1.165) is 21.5 Å². The lowest BCUT2D eigenvalue weighted by Gasteiger charge is -2.12. The van der Waals surface area contributed by atoms with E-state index in [9.17, 15) is 5.11 Å². The summed E-state index contributed by atoms with van der Waals surface area (Å²) in [7, 11) is 0. The minimum atomic E-state index is -0.577. The van der Waals surface area contributed by atoms with Gasteiger partial charge in [-0.3, -0.25) is 0 Å². The Bertz CT molecular complexity index is 542. The Morgan fingerprint density at radius 3 is 2.94 bits per heavy atom. The highest BCUT2D eigenvalue weighted by Crippen LogP contribution is 2.24. The summed E-state index contributed by atoms with van der Waals surface area (Å²) in [6.07, 6.45) is 3.60. The Morgan fingerprint density at radius 1 is 1.50 bits per heavy atom. The first-order chi connectivity index (χ1) is 8.61. The highest BCUT2D eigenvalue weighted by Gasteiger charge is 2.13. The number of rotatable bonds is 4. The Kier molecular flexibility index (Phi) is 4.64. The van der Waals surface area contributed by atoms with Crippen LogP contribution < -0.4 is 0 Å². The molecule has 5 heteroatoms. The highest BCUT2D eigenvalue weighted by atomic mass is 127. The standard InChI is InChI=1S/C13H14ClIN2O/c1-2-17-6-5-16-13(17)8-12(18)9-3-4-11(15)10(14)7-9/h3-7,12,18H,2,8H2,1H3. The molecule has 1 atom stereocenters. The fourth-order valence-electron chi connectivity index (χ4n) is 1.83. The zero-order valence-electron chi connectivity index (χ0n) is 9.98. The molecule has 2 rings (SSSR count). The van der Waals surface area contributed by atoms with Gasteiger partial charge in [0.2, 0.25) is 0 Å². The highest BCUT2D eigenvalue weighted by molar-refractivity contribution is 14.1. The van der Waals surface area contributed by atoms with Gasteiger partial charge in [0.05, 0.1) is 11.1 Å². The van der Waals surface area contributed by atoms with Crippen LogP contribution in [0.25, 0.3) is 0 Å². The van der Waals surface area contributed by atoms with Crippen LogP contribution in [-0.4, -0.2) is 14.7 Å². The first kappa shape index (κ1) is 13.8. The second-order valence-corrected chi connectivity index (χ2v) is 5.59. The molecule has 0 aliphatic heterocycles. The minimum Gasteiger partial charge on any atom is -0.388 e. The van der Waals surface area contributed by atoms with Crippen molar-refractivity contribution in [2.75, 3.05) is 0 Å². The molecule has 0 fully saturated rings. The van der Waals surface area contributed by atoms with Crippen molar-refractivity contribution in [2.24, 2.45) is 0 Å². The van der Waals surface area contributed by atoms with E-state index in [1.807, 2.05) is 29.0 Å². The zero-order chi connectivity index (χ0) is 13.1. The van der Waals surface area contributed by atoms with Crippen molar-refractivity contribution < 1.29 is 5.11 Å². The van der Waals surface area contributed by atoms with Gasteiger partial charge in [0.1, 0.15) is 5.82 Å². The second kappa shape index (κ2) is 6.04. The van der Waals surface area contributed by atoms with Crippen LogP contribution in [0.4, 0.5) is 0 Å². The lowest BCUT2D eigenvalue weighted by Crippen LogP contribution is -2.08. The predicted molar refractivity (Wildman–Crippen MR) is 80.7 cm³/mol. The number of aliphatic hydroxyl groups is 1. The van der Waals surface area contributed by atoms with Gasteiger partial charge in [-0.25, -0.2) is 4.98 Å². The molecule has 1 heterocycles. The van der Waals surface area contributed by atoms with Gasteiger partial charge >= 0.3 is 0 Å². The van der Waals surface area contributed by atoms with Gasteiger partial charge in [0.25, 0.3) is 0 Å². The van der Waals surface area contributed by atoms with E-state index >= 15 is 0 Å². The molecular weight excluding hydrogens is 363 g/mol. The molecule has 0 saturated carbocycles. The van der Waals surface area contributed by atoms with Crippen LogP contribution in [-0.2, 0) is 13.0 Å². The van der Waals surface area contributed by atoms with Crippen molar-refractivity contribution >= 4 is 34.2 Å². The summed E-state index contributed by atoms with van der Waals surface area (Å²) in [6, 6.07) is 5.62. The fraction of sp³-hybridized carbons (Fsp3) is 0.308. The Morgan fingerprint density at radius 2 is 2.28 bits per heavy atom. The van der Waals surface area contributed by atoms with Gasteiger partial charge in [-0.05, 0) is 47.2 Å². The van der Waals surface area contributed by atoms with Crippen LogP contribution in [0.1, 0.15) is 24.4 Å². The molecule has 96 valence electrons. The summed E-state index contributed by atoms with van der Waals surface area (Å²) in [4.78, 5) is 4.26. The molecule has 0 radical (unpaired) electrons. The van der Waals surface area contributed by atoms with Crippen LogP contribution in [0.2, 0.25) is 5.02 Å². The molecule has 0 amide bonds. The Hall–Kier alpha value is -0.590. The van der Waals surface area contributed by atoms with E-state index in [-0.39, 0.29) is 0 Å². The van der Waals surface area contributed by atoms with E-state index < -0.39 is 6.10 Å². The maximum Gasteiger partial charge on any atom is 0.111 e. The Balaban J connectivity index is 2.16. The van der Waals surface area contributed by atoms with Gasteiger partial charge in [-0.1, -0.05) is 17.7 Å². The summed E-state index contributed by atoms with van der Waals surface area (Å²) in [6.45, 7) is 2.91. The van der Waals surface area contributed by atoms with Gasteiger partial charge in [-0.15, -0.1) is 0 Å². The largest absolute Gasteiger partial charge is 0.388 e. The lowest BCUT2D eigenvalue weighted by atomic mass is 10.1. The zero-order valence-corrected chi connectivity index (χ0v) is 12.9. The number of hydrogen-bond donors (Lipinski definition) is 1. The van der Waals surface area contributed by atoms with E-state index in [0.29, 0.717) is 11.4 Å². The molecule has 0 saturated heterocycles. The maximum atomic E-state index is 10.2. The summed E-state index contributed by atoms with van der Waals surface area (Å²) in [5.41, 5.74) is 0.825. The fourth-order valence-corrected chi connectivity index (χ4v) is 2.35. The van der Waals surface area contributed by atoms with Gasteiger partial charge in [0, 0.05) is 28.9 Å². The first-order valence-corrected chi connectivity index (χ1v) is 7.20. The van der Waals surface area contributed by atoms with E-state index in [4.69, 9.17) is 11.6 Å². The number of nitrogens with zero attached hydrogens (tertiary/aromatic N) is 2. The predicted octanol–water partition coefficient (Wildman–Crippen LogP) is 3.44. The summed E-state index contributed by atoms with van der Waals surface area (Å²) in [5, 5.41) is 10.9. The van der Waals surface area contributed by atoms with Crippen LogP contribution in [0, 0.1) is 3.57 Å². The summed E-state index contributed by atoms with van der Waals surface area (Å²) < 4.78 is 3.01. The monoisotopic (exact) mass is 376 g/mol. The van der Waals surface area contributed by atoms with Crippen LogP contribution in [0.15, 0.2) is 30.6 Å². The third kappa shape index (κ3) is 3.05. The topological polar surface area (TPSA) is 38.0 Å². The molecular formula is C13H14ClIN2O. The molecule has 3 nitrogen and oxygen atoms in total. The molecule has 0 aliphatic rings. The normalized spacial score (nSPS) is 12.7. The van der Waals surface area contributed by atoms with Crippen LogP contribution in [0.5, 0.6) is 0 Å². The molecule has 1 N–H and O–H groups in total. The molecule has 1 aromatic carbocycles. The van der Waals surface area contributed by atoms with Crippen molar-refractivity contribution in [3.63, 3.8) is 0 Å². The molecule has 0 bridgehead atoms. The van der Waals surface area contributed by atoms with E-state index in [1.54, 1.807) is 6.20 Å². The number of hydrogen-bond acceptors (Lipinski definition) is 2. The van der Waals surface area contributed by atoms with Crippen molar-refractivity contribution in [1.29, 1.82) is 0 Å². The molecule has 2 aromatic rings. The number of aromatic nitrogens is 2. The maximum absolute atomic E-state index is 10.2. The SMILES string of the molecule is CCn1ccnc1CC(O)c1ccc(I)c(Cl)c1. The van der Waals surface area contributed by atoms with Crippen LogP contribution in [0.3, 0.4) is 0 Å². The first-order valence-electron chi connectivity index (χ1n) is 5.74. The quantitative estimate of drug-likeness (QED) is 0.830. The number of aliphatic hydroxyl groups excluding tert-OH is 1. The minimum absolute atomic E-state index is 0.498. The average molecular weight is 377 g/mol. The molecule has 1 unspecified atom stereocenters. The third-order valence-corrected chi connectivity index (χ3v) is 4.42. The molecule has 1 aromatic heterocycles. The van der Waals surface area contributed by atoms with Crippen LogP contribution >= 0.6 is 34.2 Å². The van der Waals surface area contributed by atoms with Gasteiger partial charge < -0.3 is 9.67 Å². The average Bonchev–Trinajstić information content (AvgIpc) is 2.79. The van der Waals surface area contributed by atoms with Crippen molar-refractivity contribution in [2.45, 2.75) is 26.0 Å². The summed E-state index contributed by atoms with van der Waals surface area (Å²) in [5.74, 6) is 0.889. The van der Waals surface area contributed by atoms with Gasteiger partial charge in [0.15, 0.2) is 0 Å². The lowest BCUT2D eigenvalue weighted by molar-refractivity contribution is 0.174.